The first kappa shape index (κ1) is 11.0. The van der Waals surface area contributed by atoms with Gasteiger partial charge < -0.3 is 0 Å². The van der Waals surface area contributed by atoms with Gasteiger partial charge in [0.25, 0.3) is 0 Å². The van der Waals surface area contributed by atoms with Crippen molar-refractivity contribution in [3.05, 3.63) is 50.3 Å². The lowest BCUT2D eigenvalue weighted by atomic mass is 10.0. The summed E-state index contributed by atoms with van der Waals surface area (Å²) in [5, 5.41) is 20.7. The molecule has 1 aromatic heterocycles. The topological polar surface area (TPSA) is 99.2 Å². The predicted molar refractivity (Wildman–Crippen MR) is 50.7 cm³/mol. The van der Waals surface area contributed by atoms with E-state index in [-0.39, 0.29) is 0 Å². The molecule has 0 saturated carbocycles. The van der Waals surface area contributed by atoms with Gasteiger partial charge in [0.15, 0.2) is 0 Å². The Morgan fingerprint density at radius 1 is 1.27 bits per heavy atom. The SMILES string of the molecule is O=[N+]([O-])CC(C[N+](=O)[O-])c1cccnc1. The molecule has 0 saturated heterocycles. The molecular formula is C8H9N3O4. The van der Waals surface area contributed by atoms with Gasteiger partial charge in [0.05, 0.1) is 0 Å². The molecule has 1 heterocycles. The van der Waals surface area contributed by atoms with Gasteiger partial charge in [-0.3, -0.25) is 25.2 Å². The molecular weight excluding hydrogens is 202 g/mol. The van der Waals surface area contributed by atoms with Gasteiger partial charge in [-0.05, 0) is 11.6 Å². The Morgan fingerprint density at radius 2 is 1.87 bits per heavy atom. The molecule has 0 amide bonds. The monoisotopic (exact) mass is 211 g/mol. The van der Waals surface area contributed by atoms with Gasteiger partial charge in [-0.15, -0.1) is 0 Å². The van der Waals surface area contributed by atoms with Crippen molar-refractivity contribution in [1.82, 2.24) is 4.98 Å². The van der Waals surface area contributed by atoms with E-state index in [1.165, 1.54) is 12.4 Å². The Hall–Kier alpha value is -2.05. The van der Waals surface area contributed by atoms with Crippen LogP contribution in [-0.4, -0.2) is 27.9 Å². The molecule has 0 aromatic carbocycles. The van der Waals surface area contributed by atoms with Crippen LogP contribution in [0, 0.1) is 20.2 Å². The molecule has 1 aromatic rings. The second-order valence-electron chi connectivity index (χ2n) is 3.01. The summed E-state index contributed by atoms with van der Waals surface area (Å²) in [7, 11) is 0. The molecule has 0 N–H and O–H groups in total. The van der Waals surface area contributed by atoms with Crippen LogP contribution in [0.3, 0.4) is 0 Å². The van der Waals surface area contributed by atoms with Crippen LogP contribution in [0.2, 0.25) is 0 Å². The number of aromatic nitrogens is 1. The zero-order valence-corrected chi connectivity index (χ0v) is 7.78. The van der Waals surface area contributed by atoms with E-state index >= 15 is 0 Å². The van der Waals surface area contributed by atoms with Gasteiger partial charge in [-0.25, -0.2) is 0 Å². The maximum absolute atomic E-state index is 10.3. The lowest BCUT2D eigenvalue weighted by molar-refractivity contribution is -0.516. The van der Waals surface area contributed by atoms with E-state index in [1.807, 2.05) is 0 Å². The van der Waals surface area contributed by atoms with E-state index in [4.69, 9.17) is 0 Å². The first-order chi connectivity index (χ1) is 7.09. The van der Waals surface area contributed by atoms with Crippen molar-refractivity contribution >= 4 is 0 Å². The highest BCUT2D eigenvalue weighted by atomic mass is 16.6. The van der Waals surface area contributed by atoms with Gasteiger partial charge in [0, 0.05) is 22.2 Å². The number of rotatable bonds is 5. The van der Waals surface area contributed by atoms with Crippen LogP contribution in [0.25, 0.3) is 0 Å². The molecule has 0 aliphatic heterocycles. The van der Waals surface area contributed by atoms with Crippen LogP contribution >= 0.6 is 0 Å². The molecule has 0 aliphatic rings. The summed E-state index contributed by atoms with van der Waals surface area (Å²) in [6, 6.07) is 3.20. The lowest BCUT2D eigenvalue weighted by Gasteiger charge is -2.07. The summed E-state index contributed by atoms with van der Waals surface area (Å²) >= 11 is 0. The molecule has 0 aliphatic carbocycles. The average Bonchev–Trinajstić information content (AvgIpc) is 2.17. The van der Waals surface area contributed by atoms with Crippen LogP contribution < -0.4 is 0 Å². The Morgan fingerprint density at radius 3 is 2.27 bits per heavy atom. The Labute approximate surface area is 85.1 Å². The van der Waals surface area contributed by atoms with Gasteiger partial charge in [0.1, 0.15) is 5.92 Å². The second-order valence-corrected chi connectivity index (χ2v) is 3.01. The van der Waals surface area contributed by atoms with Crippen LogP contribution in [0.5, 0.6) is 0 Å². The maximum atomic E-state index is 10.3. The zero-order valence-electron chi connectivity index (χ0n) is 7.78. The maximum Gasteiger partial charge on any atom is 0.217 e. The van der Waals surface area contributed by atoms with Gasteiger partial charge in [0.2, 0.25) is 13.1 Å². The number of nitrogens with zero attached hydrogens (tertiary/aromatic N) is 3. The Kier molecular flexibility index (Phi) is 3.67. The molecule has 0 spiro atoms. The van der Waals surface area contributed by atoms with Crippen molar-refractivity contribution in [2.45, 2.75) is 5.92 Å². The molecule has 7 nitrogen and oxygen atoms in total. The summed E-state index contributed by atoms with van der Waals surface area (Å²) in [6.07, 6.45) is 2.93. The molecule has 0 radical (unpaired) electrons. The summed E-state index contributed by atoms with van der Waals surface area (Å²) in [5.41, 5.74) is 0.519. The van der Waals surface area contributed by atoms with Crippen LogP contribution in [0.4, 0.5) is 0 Å². The van der Waals surface area contributed by atoms with Crippen LogP contribution in [-0.2, 0) is 0 Å². The predicted octanol–water partition coefficient (Wildman–Crippen LogP) is 0.719. The van der Waals surface area contributed by atoms with E-state index in [1.54, 1.807) is 12.1 Å². The van der Waals surface area contributed by atoms with Crippen molar-refractivity contribution in [3.8, 4) is 0 Å². The highest BCUT2D eigenvalue weighted by Gasteiger charge is 2.23. The molecule has 0 unspecified atom stereocenters. The zero-order chi connectivity index (χ0) is 11.3. The quantitative estimate of drug-likeness (QED) is 0.527. The lowest BCUT2D eigenvalue weighted by Crippen LogP contribution is -2.20. The first-order valence-electron chi connectivity index (χ1n) is 4.23. The second kappa shape index (κ2) is 4.99. The average molecular weight is 211 g/mol. The standard InChI is InChI=1S/C8H9N3O4/c12-10(13)5-8(6-11(14)15)7-2-1-3-9-4-7/h1-4,8H,5-6H2. The van der Waals surface area contributed by atoms with Crippen molar-refractivity contribution in [2.75, 3.05) is 13.1 Å². The third-order valence-electron chi connectivity index (χ3n) is 1.89. The number of nitro groups is 2. The minimum atomic E-state index is -0.719. The van der Waals surface area contributed by atoms with E-state index in [0.29, 0.717) is 5.56 Å². The fraction of sp³-hybridized carbons (Fsp3) is 0.375. The molecule has 0 bridgehead atoms. The summed E-state index contributed by atoms with van der Waals surface area (Å²) in [5.74, 6) is -0.719. The third kappa shape index (κ3) is 3.67. The van der Waals surface area contributed by atoms with Crippen molar-refractivity contribution in [2.24, 2.45) is 0 Å². The fourth-order valence-corrected chi connectivity index (χ4v) is 1.25. The van der Waals surface area contributed by atoms with E-state index in [9.17, 15) is 20.2 Å². The van der Waals surface area contributed by atoms with Crippen LogP contribution in [0.1, 0.15) is 11.5 Å². The normalized spacial score (nSPS) is 10.2. The van der Waals surface area contributed by atoms with Crippen molar-refractivity contribution in [1.29, 1.82) is 0 Å². The number of hydrogen-bond donors (Lipinski definition) is 0. The minimum Gasteiger partial charge on any atom is -0.265 e. The molecule has 1 rings (SSSR count). The van der Waals surface area contributed by atoms with Crippen molar-refractivity contribution in [3.63, 3.8) is 0 Å². The van der Waals surface area contributed by atoms with Gasteiger partial charge in [-0.2, -0.15) is 0 Å². The van der Waals surface area contributed by atoms with Crippen LogP contribution in [0.15, 0.2) is 24.5 Å². The Bertz CT molecular complexity index is 338. The minimum absolute atomic E-state index is 0.452. The molecule has 0 atom stereocenters. The van der Waals surface area contributed by atoms with E-state index in [0.717, 1.165) is 0 Å². The molecule has 7 heteroatoms. The van der Waals surface area contributed by atoms with Gasteiger partial charge in [-0.1, -0.05) is 6.07 Å². The summed E-state index contributed by atoms with van der Waals surface area (Å²) in [4.78, 5) is 23.3. The highest BCUT2D eigenvalue weighted by molar-refractivity contribution is 5.14. The largest absolute Gasteiger partial charge is 0.265 e. The summed E-state index contributed by atoms with van der Waals surface area (Å²) < 4.78 is 0. The van der Waals surface area contributed by atoms with E-state index < -0.39 is 28.9 Å². The third-order valence-corrected chi connectivity index (χ3v) is 1.89. The fourth-order valence-electron chi connectivity index (χ4n) is 1.25. The summed E-state index contributed by atoms with van der Waals surface area (Å²) in [6.45, 7) is -0.903. The van der Waals surface area contributed by atoms with Crippen molar-refractivity contribution < 1.29 is 9.85 Å². The number of pyridine rings is 1. The highest BCUT2D eigenvalue weighted by Crippen LogP contribution is 2.14. The number of hydrogen-bond acceptors (Lipinski definition) is 5. The molecule has 0 fully saturated rings. The molecule has 80 valence electrons. The van der Waals surface area contributed by atoms with Gasteiger partial charge >= 0.3 is 0 Å². The first-order valence-corrected chi connectivity index (χ1v) is 4.23. The Balaban J connectivity index is 2.81. The van der Waals surface area contributed by atoms with E-state index in [2.05, 4.69) is 4.98 Å². The molecule has 15 heavy (non-hydrogen) atoms. The smallest absolute Gasteiger partial charge is 0.217 e.